The van der Waals surface area contributed by atoms with E-state index in [1.165, 1.54) is 44.1 Å². The average molecular weight is 414 g/mol. The van der Waals surface area contributed by atoms with Gasteiger partial charge < -0.3 is 9.15 Å². The van der Waals surface area contributed by atoms with Crippen LogP contribution in [0.1, 0.15) is 67.9 Å². The van der Waals surface area contributed by atoms with E-state index in [2.05, 4.69) is 49.4 Å². The number of aromatic nitrogens is 1. The van der Waals surface area contributed by atoms with Crippen LogP contribution in [0.4, 0.5) is 0 Å². The van der Waals surface area contributed by atoms with E-state index in [4.69, 9.17) is 14.1 Å². The van der Waals surface area contributed by atoms with Gasteiger partial charge in [0.1, 0.15) is 5.75 Å². The minimum atomic E-state index is 0.296. The number of ether oxygens (including phenoxy) is 1. The molecule has 3 aliphatic carbocycles. The second-order valence-electron chi connectivity index (χ2n) is 10.1. The molecule has 0 N–H and O–H groups in total. The van der Waals surface area contributed by atoms with Crippen LogP contribution in [0.2, 0.25) is 0 Å². The Morgan fingerprint density at radius 2 is 1.90 bits per heavy atom. The highest BCUT2D eigenvalue weighted by Gasteiger charge is 2.56. The normalized spacial score (nSPS) is 31.5. The van der Waals surface area contributed by atoms with Crippen LogP contribution in [0.5, 0.6) is 5.75 Å². The largest absolute Gasteiger partial charge is 0.497 e. The topological polar surface area (TPSA) is 35.3 Å². The maximum Gasteiger partial charge on any atom is 0.198 e. The molecule has 0 bridgehead atoms. The molecule has 1 heterocycles. The summed E-state index contributed by atoms with van der Waals surface area (Å²) < 4.78 is 11.8. The van der Waals surface area contributed by atoms with Crippen molar-refractivity contribution in [3.05, 3.63) is 71.7 Å². The molecule has 1 aromatic heterocycles. The molecule has 0 radical (unpaired) electrons. The third kappa shape index (κ3) is 2.96. The zero-order chi connectivity index (χ0) is 21.0. The van der Waals surface area contributed by atoms with Crippen molar-refractivity contribution in [2.75, 3.05) is 7.11 Å². The second-order valence-corrected chi connectivity index (χ2v) is 10.1. The van der Waals surface area contributed by atoms with E-state index in [9.17, 15) is 0 Å². The molecule has 2 saturated carbocycles. The van der Waals surface area contributed by atoms with Gasteiger partial charge in [0.2, 0.25) is 0 Å². The zero-order valence-corrected chi connectivity index (χ0v) is 18.5. The van der Waals surface area contributed by atoms with Gasteiger partial charge in [-0.05, 0) is 85.0 Å². The molecule has 5 unspecified atom stereocenters. The van der Waals surface area contributed by atoms with Crippen LogP contribution in [0, 0.1) is 17.3 Å². The molecular formula is C28H31NO2. The van der Waals surface area contributed by atoms with Gasteiger partial charge in [-0.25, -0.2) is 4.98 Å². The van der Waals surface area contributed by atoms with Gasteiger partial charge >= 0.3 is 0 Å². The molecule has 160 valence electrons. The van der Waals surface area contributed by atoms with Gasteiger partial charge in [-0.2, -0.15) is 0 Å². The summed E-state index contributed by atoms with van der Waals surface area (Å²) in [5, 5.41) is 0. The van der Waals surface area contributed by atoms with Gasteiger partial charge in [-0.1, -0.05) is 43.3 Å². The molecule has 0 amide bonds. The second kappa shape index (κ2) is 7.25. The summed E-state index contributed by atoms with van der Waals surface area (Å²) in [6.45, 7) is 2.53. The first kappa shape index (κ1) is 19.2. The minimum absolute atomic E-state index is 0.296. The van der Waals surface area contributed by atoms with E-state index in [1.807, 2.05) is 12.3 Å². The van der Waals surface area contributed by atoms with Crippen LogP contribution in [0.25, 0.3) is 11.3 Å². The van der Waals surface area contributed by atoms with Crippen molar-refractivity contribution in [3.63, 3.8) is 0 Å². The lowest BCUT2D eigenvalue weighted by atomic mass is 9.54. The maximum absolute atomic E-state index is 6.36. The molecule has 3 nitrogen and oxygen atoms in total. The van der Waals surface area contributed by atoms with Gasteiger partial charge in [0, 0.05) is 11.5 Å². The molecule has 0 spiro atoms. The quantitative estimate of drug-likeness (QED) is 0.464. The number of fused-ring (bicyclic) bond motifs is 5. The predicted molar refractivity (Wildman–Crippen MR) is 122 cm³/mol. The lowest BCUT2D eigenvalue weighted by Crippen LogP contribution is -2.41. The van der Waals surface area contributed by atoms with E-state index in [0.29, 0.717) is 17.3 Å². The molecule has 2 aromatic carbocycles. The first-order valence-electron chi connectivity index (χ1n) is 11.9. The number of hydrogen-bond acceptors (Lipinski definition) is 3. The highest BCUT2D eigenvalue weighted by atomic mass is 16.5. The van der Waals surface area contributed by atoms with E-state index in [-0.39, 0.29) is 0 Å². The van der Waals surface area contributed by atoms with Gasteiger partial charge in [0.25, 0.3) is 0 Å². The molecule has 5 atom stereocenters. The average Bonchev–Trinajstić information content (AvgIpc) is 3.43. The summed E-state index contributed by atoms with van der Waals surface area (Å²) >= 11 is 0. The first-order chi connectivity index (χ1) is 15.2. The van der Waals surface area contributed by atoms with Gasteiger partial charge in [-0.15, -0.1) is 0 Å². The van der Waals surface area contributed by atoms with E-state index >= 15 is 0 Å². The van der Waals surface area contributed by atoms with Crippen molar-refractivity contribution in [1.82, 2.24) is 4.98 Å². The Morgan fingerprint density at radius 1 is 1.03 bits per heavy atom. The zero-order valence-electron chi connectivity index (χ0n) is 18.5. The fraction of sp³-hybridized carbons (Fsp3) is 0.464. The monoisotopic (exact) mass is 413 g/mol. The molecule has 0 aliphatic heterocycles. The molecule has 3 aromatic rings. The van der Waals surface area contributed by atoms with Crippen LogP contribution in [-0.4, -0.2) is 12.1 Å². The molecule has 0 saturated heterocycles. The van der Waals surface area contributed by atoms with Crippen LogP contribution in [-0.2, 0) is 6.42 Å². The van der Waals surface area contributed by atoms with E-state index < -0.39 is 0 Å². The van der Waals surface area contributed by atoms with Crippen molar-refractivity contribution in [1.29, 1.82) is 0 Å². The number of aryl methyl sites for hydroxylation is 1. The maximum atomic E-state index is 6.36. The summed E-state index contributed by atoms with van der Waals surface area (Å²) in [4.78, 5) is 4.79. The molecule has 2 fully saturated rings. The standard InChI is InChI=1S/C28H31NO2/c1-28-15-14-22-21-11-9-20(30-2)16-19(21)8-10-23(22)24(28)12-13-25(28)27-29-17-26(31-27)18-6-4-3-5-7-18/h3-7,9,11,16-17,22-25H,8,10,12-15H2,1-2H3. The van der Waals surface area contributed by atoms with E-state index in [1.54, 1.807) is 12.7 Å². The van der Waals surface area contributed by atoms with Crippen molar-refractivity contribution in [2.45, 2.75) is 57.3 Å². The van der Waals surface area contributed by atoms with Gasteiger partial charge in [0.15, 0.2) is 11.7 Å². The molecule has 3 aliphatic rings. The molecule has 3 heteroatoms. The molecular weight excluding hydrogens is 382 g/mol. The Morgan fingerprint density at radius 3 is 2.74 bits per heavy atom. The van der Waals surface area contributed by atoms with Crippen LogP contribution in [0.15, 0.2) is 59.1 Å². The Kier molecular flexibility index (Phi) is 4.48. The highest BCUT2D eigenvalue weighted by Crippen LogP contribution is 2.65. The number of rotatable bonds is 3. The van der Waals surface area contributed by atoms with Crippen LogP contribution >= 0.6 is 0 Å². The Balaban J connectivity index is 1.28. The number of hydrogen-bond donors (Lipinski definition) is 0. The summed E-state index contributed by atoms with van der Waals surface area (Å²) in [5.74, 6) is 5.55. The van der Waals surface area contributed by atoms with Gasteiger partial charge in [-0.3, -0.25) is 0 Å². The lowest BCUT2D eigenvalue weighted by molar-refractivity contribution is 0.0428. The van der Waals surface area contributed by atoms with Crippen molar-refractivity contribution >= 4 is 0 Å². The molecule has 6 rings (SSSR count). The number of oxazole rings is 1. The Bertz CT molecular complexity index is 1090. The number of benzene rings is 2. The lowest BCUT2D eigenvalue weighted by Gasteiger charge is -2.50. The van der Waals surface area contributed by atoms with E-state index in [0.717, 1.165) is 34.8 Å². The summed E-state index contributed by atoms with van der Waals surface area (Å²) in [6.07, 6.45) is 9.46. The Labute approximate surface area is 184 Å². The third-order valence-corrected chi connectivity index (χ3v) is 8.81. The van der Waals surface area contributed by atoms with Crippen molar-refractivity contribution in [2.24, 2.45) is 17.3 Å². The smallest absolute Gasteiger partial charge is 0.198 e. The summed E-state index contributed by atoms with van der Waals surface area (Å²) in [5.41, 5.74) is 4.51. The Hall–Kier alpha value is -2.55. The summed E-state index contributed by atoms with van der Waals surface area (Å²) in [6, 6.07) is 17.1. The number of methoxy groups -OCH3 is 1. The SMILES string of the molecule is COc1ccc2c(c1)CCC1C2CCC2(C)C(c3ncc(-c4ccccc4)o3)CCC12. The fourth-order valence-electron chi connectivity index (χ4n) is 7.28. The highest BCUT2D eigenvalue weighted by molar-refractivity contribution is 5.55. The van der Waals surface area contributed by atoms with Crippen molar-refractivity contribution in [3.8, 4) is 17.1 Å². The first-order valence-corrected chi connectivity index (χ1v) is 11.9. The molecule has 31 heavy (non-hydrogen) atoms. The van der Waals surface area contributed by atoms with Crippen LogP contribution in [0.3, 0.4) is 0 Å². The van der Waals surface area contributed by atoms with Crippen LogP contribution < -0.4 is 4.74 Å². The van der Waals surface area contributed by atoms with Crippen molar-refractivity contribution < 1.29 is 9.15 Å². The summed E-state index contributed by atoms with van der Waals surface area (Å²) in [7, 11) is 1.77. The minimum Gasteiger partial charge on any atom is -0.497 e. The fourth-order valence-corrected chi connectivity index (χ4v) is 7.28. The predicted octanol–water partition coefficient (Wildman–Crippen LogP) is 6.99. The number of nitrogens with zero attached hydrogens (tertiary/aromatic N) is 1. The third-order valence-electron chi connectivity index (χ3n) is 8.81. The van der Waals surface area contributed by atoms with Gasteiger partial charge in [0.05, 0.1) is 13.3 Å².